The largest absolute Gasteiger partial charge is 0.493 e. The summed E-state index contributed by atoms with van der Waals surface area (Å²) in [4.78, 5) is 13.1. The summed E-state index contributed by atoms with van der Waals surface area (Å²) in [6.07, 6.45) is 0.434. The summed E-state index contributed by atoms with van der Waals surface area (Å²) in [5.41, 5.74) is 12.3. The first-order valence-corrected chi connectivity index (χ1v) is 13.4. The molecule has 1 amide bonds. The summed E-state index contributed by atoms with van der Waals surface area (Å²) in [7, 11) is 0.145. The molecule has 1 aromatic carbocycles. The Bertz CT molecular complexity index is 1080. The van der Waals surface area contributed by atoms with E-state index >= 15 is 0 Å². The maximum atomic E-state index is 13.4. The van der Waals surface area contributed by atoms with Crippen LogP contribution in [0.3, 0.4) is 0 Å². The van der Waals surface area contributed by atoms with E-state index in [9.17, 15) is 13.2 Å². The standard InChI is InChI=1S/C23H41N7O6S/c1-7-9-19-27-15(3)20(28-19)22(31)30(26)21(24)17-12-16(10-11-18(17)36-8-2)37(32,33)29(4)13-23(25,35-6)14-34-5/h10-12,19,21,27-28H,7-9,13-14,24-26H2,1-6H3/t19?,21?,23-/m1/s1. The zero-order chi connectivity index (χ0) is 28.0. The van der Waals surface area contributed by atoms with Gasteiger partial charge < -0.3 is 36.3 Å². The Hall–Kier alpha value is -2.46. The summed E-state index contributed by atoms with van der Waals surface area (Å²) in [5, 5.41) is 7.20. The van der Waals surface area contributed by atoms with Crippen LogP contribution >= 0.6 is 0 Å². The molecule has 210 valence electrons. The van der Waals surface area contributed by atoms with E-state index in [0.717, 1.165) is 22.2 Å². The third-order valence-corrected chi connectivity index (χ3v) is 7.80. The van der Waals surface area contributed by atoms with Crippen molar-refractivity contribution in [2.24, 2.45) is 17.3 Å². The molecule has 1 heterocycles. The van der Waals surface area contributed by atoms with Crippen LogP contribution < -0.4 is 32.7 Å². The van der Waals surface area contributed by atoms with Crippen molar-refractivity contribution in [1.82, 2.24) is 19.9 Å². The van der Waals surface area contributed by atoms with Crippen LogP contribution in [-0.2, 0) is 24.3 Å². The van der Waals surface area contributed by atoms with Gasteiger partial charge in [0.15, 0.2) is 5.72 Å². The lowest BCUT2D eigenvalue weighted by Crippen LogP contribution is -2.55. The van der Waals surface area contributed by atoms with Crippen LogP contribution in [0.2, 0.25) is 0 Å². The molecular weight excluding hydrogens is 502 g/mol. The Morgan fingerprint density at radius 1 is 1.24 bits per heavy atom. The van der Waals surface area contributed by atoms with Crippen molar-refractivity contribution < 1.29 is 27.4 Å². The zero-order valence-corrected chi connectivity index (χ0v) is 23.2. The summed E-state index contributed by atoms with van der Waals surface area (Å²) >= 11 is 0. The van der Waals surface area contributed by atoms with Gasteiger partial charge in [0.2, 0.25) is 10.0 Å². The predicted octanol–water partition coefficient (Wildman–Crippen LogP) is -0.136. The number of nitrogens with one attached hydrogen (secondary N) is 2. The van der Waals surface area contributed by atoms with Gasteiger partial charge in [-0.3, -0.25) is 9.80 Å². The molecule has 0 radical (unpaired) electrons. The van der Waals surface area contributed by atoms with Crippen LogP contribution in [0.4, 0.5) is 0 Å². The fourth-order valence-electron chi connectivity index (χ4n) is 3.97. The fraction of sp³-hybridized carbons (Fsp3) is 0.609. The first kappa shape index (κ1) is 30.8. The van der Waals surface area contributed by atoms with Crippen molar-refractivity contribution >= 4 is 15.9 Å². The molecule has 14 heteroatoms. The highest BCUT2D eigenvalue weighted by Crippen LogP contribution is 2.30. The van der Waals surface area contributed by atoms with E-state index in [-0.39, 0.29) is 29.8 Å². The number of carbonyl (C=O) groups is 1. The van der Waals surface area contributed by atoms with E-state index in [1.54, 1.807) is 13.8 Å². The second-order valence-corrected chi connectivity index (χ2v) is 10.9. The highest BCUT2D eigenvalue weighted by molar-refractivity contribution is 7.89. The van der Waals surface area contributed by atoms with Gasteiger partial charge in [0.1, 0.15) is 17.6 Å². The van der Waals surface area contributed by atoms with E-state index in [4.69, 9.17) is 31.5 Å². The number of rotatable bonds is 14. The number of hydrogen-bond donors (Lipinski definition) is 5. The number of likely N-dealkylation sites (N-methyl/N-ethyl adjacent to an activating group) is 1. The first-order valence-electron chi connectivity index (χ1n) is 12.0. The Kier molecular flexibility index (Phi) is 10.7. The molecule has 0 aromatic heterocycles. The van der Waals surface area contributed by atoms with Crippen LogP contribution in [0.5, 0.6) is 5.75 Å². The fourth-order valence-corrected chi connectivity index (χ4v) is 5.24. The lowest BCUT2D eigenvalue weighted by atomic mass is 10.1. The summed E-state index contributed by atoms with van der Waals surface area (Å²) in [5.74, 6) is 5.92. The number of allylic oxidation sites excluding steroid dienone is 1. The predicted molar refractivity (Wildman–Crippen MR) is 139 cm³/mol. The molecule has 13 nitrogen and oxygen atoms in total. The lowest BCUT2D eigenvalue weighted by molar-refractivity contribution is -0.130. The number of benzene rings is 1. The number of nitrogens with two attached hydrogens (primary N) is 3. The van der Waals surface area contributed by atoms with Crippen molar-refractivity contribution in [3.05, 3.63) is 35.2 Å². The van der Waals surface area contributed by atoms with Crippen LogP contribution in [-0.4, -0.2) is 76.6 Å². The average molecular weight is 544 g/mol. The maximum Gasteiger partial charge on any atom is 0.287 e. The van der Waals surface area contributed by atoms with Gasteiger partial charge in [-0.2, -0.15) is 4.31 Å². The van der Waals surface area contributed by atoms with Gasteiger partial charge in [0.05, 0.1) is 30.8 Å². The van der Waals surface area contributed by atoms with Gasteiger partial charge in [-0.1, -0.05) is 13.3 Å². The van der Waals surface area contributed by atoms with Crippen molar-refractivity contribution in [2.75, 3.05) is 41.0 Å². The molecule has 1 aliphatic rings. The smallest absolute Gasteiger partial charge is 0.287 e. The van der Waals surface area contributed by atoms with Crippen molar-refractivity contribution in [3.63, 3.8) is 0 Å². The molecule has 2 rings (SSSR count). The second-order valence-electron chi connectivity index (χ2n) is 8.88. The Balaban J connectivity index is 2.38. The molecule has 0 aliphatic carbocycles. The van der Waals surface area contributed by atoms with Crippen LogP contribution in [0, 0.1) is 0 Å². The highest BCUT2D eigenvalue weighted by atomic mass is 32.2. The van der Waals surface area contributed by atoms with Crippen molar-refractivity contribution in [3.8, 4) is 5.75 Å². The van der Waals surface area contributed by atoms with Crippen molar-refractivity contribution in [2.45, 2.75) is 56.6 Å². The molecule has 0 spiro atoms. The first-order chi connectivity index (χ1) is 17.3. The zero-order valence-electron chi connectivity index (χ0n) is 22.4. The van der Waals surface area contributed by atoms with E-state index < -0.39 is 27.8 Å². The lowest BCUT2D eigenvalue weighted by Gasteiger charge is -2.31. The third kappa shape index (κ3) is 7.10. The minimum atomic E-state index is -4.04. The number of hydrogen-bond acceptors (Lipinski definition) is 11. The summed E-state index contributed by atoms with van der Waals surface area (Å²) < 4.78 is 43.8. The SMILES string of the molecule is CCCC1NC(C)=C(C(=O)N(N)C(N)c2cc(S(=O)(=O)N(C)C[C@](N)(COC)OC)ccc2OCC)N1. The molecular formula is C23H41N7O6S. The van der Waals surface area contributed by atoms with Gasteiger partial charge >= 0.3 is 0 Å². The quantitative estimate of drug-likeness (QED) is 0.0909. The van der Waals surface area contributed by atoms with Crippen molar-refractivity contribution in [1.29, 1.82) is 0 Å². The number of methoxy groups -OCH3 is 2. The summed E-state index contributed by atoms with van der Waals surface area (Å²) in [6.45, 7) is 5.67. The minimum absolute atomic E-state index is 0.0235. The molecule has 1 aliphatic heterocycles. The molecule has 0 bridgehead atoms. The summed E-state index contributed by atoms with van der Waals surface area (Å²) in [6, 6.07) is 4.22. The van der Waals surface area contributed by atoms with Crippen LogP contribution in [0.25, 0.3) is 0 Å². The Morgan fingerprint density at radius 3 is 2.49 bits per heavy atom. The molecule has 3 atom stereocenters. The minimum Gasteiger partial charge on any atom is -0.493 e. The maximum absolute atomic E-state index is 13.4. The molecule has 0 saturated carbocycles. The van der Waals surface area contributed by atoms with Gasteiger partial charge in [0.25, 0.3) is 5.91 Å². The Labute approximate surface area is 219 Å². The molecule has 37 heavy (non-hydrogen) atoms. The van der Waals surface area contributed by atoms with Gasteiger partial charge in [-0.25, -0.2) is 14.3 Å². The number of ether oxygens (including phenoxy) is 3. The van der Waals surface area contributed by atoms with E-state index in [0.29, 0.717) is 23.8 Å². The number of carbonyl (C=O) groups excluding carboxylic acids is 1. The van der Waals surface area contributed by atoms with E-state index in [1.807, 2.05) is 6.92 Å². The van der Waals surface area contributed by atoms with Gasteiger partial charge in [-0.15, -0.1) is 0 Å². The topological polar surface area (TPSA) is 187 Å². The monoisotopic (exact) mass is 543 g/mol. The van der Waals surface area contributed by atoms with Gasteiger partial charge in [0, 0.05) is 32.5 Å². The molecule has 1 aromatic rings. The molecule has 0 saturated heterocycles. The number of amides is 1. The highest BCUT2D eigenvalue weighted by Gasteiger charge is 2.34. The van der Waals surface area contributed by atoms with Crippen LogP contribution in [0.1, 0.15) is 45.3 Å². The molecule has 0 fully saturated rings. The molecule has 2 unspecified atom stereocenters. The van der Waals surface area contributed by atoms with Crippen LogP contribution in [0.15, 0.2) is 34.5 Å². The second kappa shape index (κ2) is 12.9. The van der Waals surface area contributed by atoms with E-state index in [2.05, 4.69) is 10.6 Å². The van der Waals surface area contributed by atoms with E-state index in [1.165, 1.54) is 39.5 Å². The van der Waals surface area contributed by atoms with Gasteiger partial charge in [-0.05, 0) is 38.5 Å². The number of nitrogens with zero attached hydrogens (tertiary/aromatic N) is 2. The molecule has 8 N–H and O–H groups in total. The third-order valence-electron chi connectivity index (χ3n) is 6.00. The number of hydrazine groups is 1. The number of sulfonamides is 1. The Morgan fingerprint density at radius 2 is 1.92 bits per heavy atom. The average Bonchev–Trinajstić information content (AvgIpc) is 3.23. The normalized spacial score (nSPS) is 18.3.